The summed E-state index contributed by atoms with van der Waals surface area (Å²) in [6.07, 6.45) is 0.586. The van der Waals surface area contributed by atoms with E-state index in [1.165, 1.54) is 12.1 Å². The molecule has 0 saturated heterocycles. The van der Waals surface area contributed by atoms with Crippen molar-refractivity contribution >= 4 is 34.2 Å². The van der Waals surface area contributed by atoms with Crippen LogP contribution >= 0.6 is 23.2 Å². The van der Waals surface area contributed by atoms with Gasteiger partial charge in [-0.1, -0.05) is 23.7 Å². The maximum atomic E-state index is 13.5. The first-order chi connectivity index (χ1) is 9.70. The van der Waals surface area contributed by atoms with Gasteiger partial charge in [-0.25, -0.2) is 9.37 Å². The van der Waals surface area contributed by atoms with Crippen LogP contribution < -0.4 is 0 Å². The SMILES string of the molecule is Fc1cccc(-n2c(CCCl)nc3cccc(Cl)c32)c1. The highest BCUT2D eigenvalue weighted by Gasteiger charge is 2.14. The second-order valence-corrected chi connectivity index (χ2v) is 5.18. The second-order valence-electron chi connectivity index (χ2n) is 4.39. The van der Waals surface area contributed by atoms with Gasteiger partial charge in [0.1, 0.15) is 11.6 Å². The number of aryl methyl sites for hydroxylation is 1. The summed E-state index contributed by atoms with van der Waals surface area (Å²) in [4.78, 5) is 4.54. The van der Waals surface area contributed by atoms with E-state index >= 15 is 0 Å². The zero-order valence-electron chi connectivity index (χ0n) is 10.5. The lowest BCUT2D eigenvalue weighted by Crippen LogP contribution is -2.02. The molecule has 0 aliphatic heterocycles. The Bertz CT molecular complexity index is 768. The molecule has 0 atom stereocenters. The van der Waals surface area contributed by atoms with Gasteiger partial charge in [0.05, 0.1) is 21.7 Å². The number of nitrogens with zero attached hydrogens (tertiary/aromatic N) is 2. The van der Waals surface area contributed by atoms with Crippen molar-refractivity contribution < 1.29 is 4.39 Å². The van der Waals surface area contributed by atoms with E-state index in [4.69, 9.17) is 23.2 Å². The Balaban J connectivity index is 2.34. The minimum atomic E-state index is -0.298. The molecule has 0 aliphatic rings. The number of aromatic nitrogens is 2. The van der Waals surface area contributed by atoms with E-state index in [1.807, 2.05) is 22.8 Å². The van der Waals surface area contributed by atoms with Gasteiger partial charge in [0.2, 0.25) is 0 Å². The lowest BCUT2D eigenvalue weighted by Gasteiger charge is -2.09. The third-order valence-electron chi connectivity index (χ3n) is 3.08. The summed E-state index contributed by atoms with van der Waals surface area (Å²) >= 11 is 12.1. The van der Waals surface area contributed by atoms with Crippen LogP contribution in [0.3, 0.4) is 0 Å². The van der Waals surface area contributed by atoms with Crippen LogP contribution in [0.5, 0.6) is 0 Å². The Morgan fingerprint density at radius 2 is 1.95 bits per heavy atom. The van der Waals surface area contributed by atoms with Crippen molar-refractivity contribution in [3.63, 3.8) is 0 Å². The number of benzene rings is 2. The maximum Gasteiger partial charge on any atom is 0.125 e. The van der Waals surface area contributed by atoms with Crippen molar-refractivity contribution in [3.8, 4) is 5.69 Å². The number of hydrogen-bond acceptors (Lipinski definition) is 1. The van der Waals surface area contributed by atoms with Gasteiger partial charge in [-0.15, -0.1) is 11.6 Å². The Kier molecular flexibility index (Phi) is 3.64. The molecule has 0 aliphatic carbocycles. The van der Waals surface area contributed by atoms with Crippen molar-refractivity contribution in [1.82, 2.24) is 9.55 Å². The van der Waals surface area contributed by atoms with Crippen LogP contribution in [0.1, 0.15) is 5.82 Å². The molecule has 0 fully saturated rings. The van der Waals surface area contributed by atoms with Gasteiger partial charge < -0.3 is 0 Å². The van der Waals surface area contributed by atoms with E-state index in [2.05, 4.69) is 4.98 Å². The molecule has 2 nitrogen and oxygen atoms in total. The van der Waals surface area contributed by atoms with Crippen molar-refractivity contribution in [2.24, 2.45) is 0 Å². The molecule has 5 heteroatoms. The van der Waals surface area contributed by atoms with E-state index in [1.54, 1.807) is 12.1 Å². The smallest absolute Gasteiger partial charge is 0.125 e. The van der Waals surface area contributed by atoms with E-state index in [-0.39, 0.29) is 5.82 Å². The number of hydrogen-bond donors (Lipinski definition) is 0. The molecule has 2 aromatic carbocycles. The number of para-hydroxylation sites is 1. The first-order valence-corrected chi connectivity index (χ1v) is 7.09. The predicted octanol–water partition coefficient (Wildman–Crippen LogP) is 4.60. The monoisotopic (exact) mass is 308 g/mol. The zero-order chi connectivity index (χ0) is 14.1. The lowest BCUT2D eigenvalue weighted by atomic mass is 10.2. The first-order valence-electron chi connectivity index (χ1n) is 6.18. The van der Waals surface area contributed by atoms with Gasteiger partial charge in [0.15, 0.2) is 0 Å². The molecular formula is C15H11Cl2FN2. The Morgan fingerprint density at radius 1 is 1.15 bits per heavy atom. The van der Waals surface area contributed by atoms with Crippen LogP contribution in [0.2, 0.25) is 5.02 Å². The van der Waals surface area contributed by atoms with Crippen LogP contribution in [0, 0.1) is 5.82 Å². The average molecular weight is 309 g/mol. The number of fused-ring (bicyclic) bond motifs is 1. The van der Waals surface area contributed by atoms with Crippen LogP contribution in [-0.4, -0.2) is 15.4 Å². The van der Waals surface area contributed by atoms with Crippen molar-refractivity contribution in [2.75, 3.05) is 5.88 Å². The average Bonchev–Trinajstić information content (AvgIpc) is 2.79. The van der Waals surface area contributed by atoms with E-state index in [9.17, 15) is 4.39 Å². The summed E-state index contributed by atoms with van der Waals surface area (Å²) in [6, 6.07) is 11.9. The predicted molar refractivity (Wildman–Crippen MR) is 80.5 cm³/mol. The highest BCUT2D eigenvalue weighted by molar-refractivity contribution is 6.35. The summed E-state index contributed by atoms with van der Waals surface area (Å²) in [5.41, 5.74) is 2.25. The minimum Gasteiger partial charge on any atom is -0.295 e. The minimum absolute atomic E-state index is 0.298. The van der Waals surface area contributed by atoms with E-state index in [0.29, 0.717) is 23.0 Å². The Labute approximate surface area is 125 Å². The molecule has 0 amide bonds. The lowest BCUT2D eigenvalue weighted by molar-refractivity contribution is 0.626. The second kappa shape index (κ2) is 5.43. The highest BCUT2D eigenvalue weighted by atomic mass is 35.5. The molecule has 0 spiro atoms. The van der Waals surface area contributed by atoms with Crippen LogP contribution in [0.4, 0.5) is 4.39 Å². The maximum absolute atomic E-state index is 13.5. The van der Waals surface area contributed by atoms with Crippen LogP contribution in [0.25, 0.3) is 16.7 Å². The number of imidazole rings is 1. The molecule has 3 aromatic rings. The third-order valence-corrected chi connectivity index (χ3v) is 3.58. The summed E-state index contributed by atoms with van der Waals surface area (Å²) in [5.74, 6) is 0.915. The molecule has 0 bridgehead atoms. The molecule has 0 saturated carbocycles. The fourth-order valence-corrected chi connectivity index (χ4v) is 2.70. The molecule has 1 heterocycles. The van der Waals surface area contributed by atoms with Gasteiger partial charge in [0, 0.05) is 12.3 Å². The molecule has 20 heavy (non-hydrogen) atoms. The summed E-state index contributed by atoms with van der Waals surface area (Å²) in [5, 5.41) is 0.583. The molecule has 0 unspecified atom stereocenters. The largest absolute Gasteiger partial charge is 0.295 e. The van der Waals surface area contributed by atoms with Gasteiger partial charge >= 0.3 is 0 Å². The van der Waals surface area contributed by atoms with Crippen molar-refractivity contribution in [2.45, 2.75) is 6.42 Å². The number of rotatable bonds is 3. The quantitative estimate of drug-likeness (QED) is 0.647. The topological polar surface area (TPSA) is 17.8 Å². The molecule has 1 aromatic heterocycles. The standard InChI is InChI=1S/C15H11Cl2FN2/c16-8-7-14-19-13-6-2-5-12(17)15(13)20(14)11-4-1-3-10(18)9-11/h1-6,9H,7-8H2. The Hall–Kier alpha value is -1.58. The molecule has 102 valence electrons. The zero-order valence-corrected chi connectivity index (χ0v) is 12.0. The summed E-state index contributed by atoms with van der Waals surface area (Å²) < 4.78 is 15.3. The number of alkyl halides is 1. The van der Waals surface area contributed by atoms with Gasteiger partial charge in [-0.05, 0) is 30.3 Å². The van der Waals surface area contributed by atoms with Gasteiger partial charge in [-0.3, -0.25) is 4.57 Å². The van der Waals surface area contributed by atoms with Crippen molar-refractivity contribution in [3.05, 3.63) is 59.1 Å². The highest BCUT2D eigenvalue weighted by Crippen LogP contribution is 2.28. The fourth-order valence-electron chi connectivity index (χ4n) is 2.28. The number of halogens is 3. The Morgan fingerprint density at radius 3 is 2.70 bits per heavy atom. The normalized spacial score (nSPS) is 11.2. The van der Waals surface area contributed by atoms with Crippen molar-refractivity contribution in [1.29, 1.82) is 0 Å². The van der Waals surface area contributed by atoms with Gasteiger partial charge in [-0.2, -0.15) is 0 Å². The first kappa shape index (κ1) is 13.4. The molecule has 3 rings (SSSR count). The summed E-state index contributed by atoms with van der Waals surface area (Å²) in [7, 11) is 0. The van der Waals surface area contributed by atoms with E-state index < -0.39 is 0 Å². The van der Waals surface area contributed by atoms with E-state index in [0.717, 1.165) is 16.9 Å². The molecule has 0 radical (unpaired) electrons. The van der Waals surface area contributed by atoms with Crippen LogP contribution in [0.15, 0.2) is 42.5 Å². The molecular weight excluding hydrogens is 298 g/mol. The summed E-state index contributed by atoms with van der Waals surface area (Å²) in [6.45, 7) is 0. The third kappa shape index (κ3) is 2.28. The van der Waals surface area contributed by atoms with Crippen LogP contribution in [-0.2, 0) is 6.42 Å². The fraction of sp³-hybridized carbons (Fsp3) is 0.133. The van der Waals surface area contributed by atoms with Gasteiger partial charge in [0.25, 0.3) is 0 Å². The molecule has 0 N–H and O–H groups in total.